The minimum Gasteiger partial charge on any atom is -0.493 e. The Morgan fingerprint density at radius 3 is 2.97 bits per heavy atom. The number of piperidine rings is 1. The number of hydrogen-bond acceptors (Lipinski definition) is 4. The van der Waals surface area contributed by atoms with Crippen molar-refractivity contribution in [3.63, 3.8) is 0 Å². The number of nitrogens with zero attached hydrogens (tertiary/aromatic N) is 2. The van der Waals surface area contributed by atoms with Crippen LogP contribution in [0.3, 0.4) is 0 Å². The Bertz CT molecular complexity index is 1060. The second-order valence-electron chi connectivity index (χ2n) is 8.24. The largest absolute Gasteiger partial charge is 0.493 e. The minimum absolute atomic E-state index is 0.0671. The maximum Gasteiger partial charge on any atom is 0.321 e. The molecular formula is C26H29N3O2S. The average Bonchev–Trinajstić information content (AvgIpc) is 3.30. The van der Waals surface area contributed by atoms with Gasteiger partial charge in [-0.15, -0.1) is 0 Å². The fraction of sp³-hybridized carbons (Fsp3) is 0.308. The van der Waals surface area contributed by atoms with Crippen molar-refractivity contribution in [2.45, 2.75) is 26.7 Å². The molecule has 1 fully saturated rings. The van der Waals surface area contributed by atoms with E-state index >= 15 is 0 Å². The van der Waals surface area contributed by atoms with Crippen molar-refractivity contribution in [1.29, 1.82) is 0 Å². The highest BCUT2D eigenvalue weighted by atomic mass is 32.1. The predicted molar refractivity (Wildman–Crippen MR) is 131 cm³/mol. The van der Waals surface area contributed by atoms with Crippen LogP contribution in [0.25, 0.3) is 6.08 Å². The molecule has 166 valence electrons. The van der Waals surface area contributed by atoms with Gasteiger partial charge >= 0.3 is 6.03 Å². The molecule has 4 rings (SSSR count). The second-order valence-corrected chi connectivity index (χ2v) is 9.02. The van der Waals surface area contributed by atoms with Crippen molar-refractivity contribution >= 4 is 29.1 Å². The van der Waals surface area contributed by atoms with E-state index in [1.54, 1.807) is 17.5 Å². The highest BCUT2D eigenvalue weighted by Crippen LogP contribution is 2.26. The van der Waals surface area contributed by atoms with E-state index in [4.69, 9.17) is 4.74 Å². The van der Waals surface area contributed by atoms with Crippen molar-refractivity contribution in [3.05, 3.63) is 81.8 Å². The zero-order valence-corrected chi connectivity index (χ0v) is 19.4. The lowest BCUT2D eigenvalue weighted by Gasteiger charge is -2.33. The van der Waals surface area contributed by atoms with E-state index in [0.29, 0.717) is 25.6 Å². The molecule has 3 heterocycles. The van der Waals surface area contributed by atoms with Crippen LogP contribution in [0.1, 0.15) is 30.2 Å². The number of anilines is 1. The Labute approximate surface area is 193 Å². The summed E-state index contributed by atoms with van der Waals surface area (Å²) in [5.74, 6) is 1.19. The lowest BCUT2D eigenvalue weighted by Crippen LogP contribution is -2.42. The number of thiophene rings is 1. The number of pyridine rings is 1. The number of carbonyl (C=O) groups is 1. The molecule has 0 saturated carbocycles. The number of rotatable bonds is 6. The average molecular weight is 448 g/mol. The SMILES string of the molecule is Cc1ccc(NC(=O)N2CCC(=Cc3cccc(OCCc4ccsc4)c3)C(C)C2)cn1. The number of likely N-dealkylation sites (tertiary alicyclic amines) is 1. The van der Waals surface area contributed by atoms with Crippen molar-refractivity contribution in [2.75, 3.05) is 25.0 Å². The molecule has 0 spiro atoms. The van der Waals surface area contributed by atoms with E-state index in [1.165, 1.54) is 11.1 Å². The van der Waals surface area contributed by atoms with Gasteiger partial charge in [0, 0.05) is 25.2 Å². The molecular weight excluding hydrogens is 418 g/mol. The Morgan fingerprint density at radius 1 is 1.31 bits per heavy atom. The monoisotopic (exact) mass is 447 g/mol. The first-order valence-corrected chi connectivity index (χ1v) is 11.9. The smallest absolute Gasteiger partial charge is 0.321 e. The van der Waals surface area contributed by atoms with Gasteiger partial charge < -0.3 is 15.0 Å². The molecule has 1 N–H and O–H groups in total. The first-order valence-electron chi connectivity index (χ1n) is 11.0. The second kappa shape index (κ2) is 10.5. The molecule has 2 amide bonds. The molecule has 32 heavy (non-hydrogen) atoms. The molecule has 1 aliphatic rings. The topological polar surface area (TPSA) is 54.5 Å². The van der Waals surface area contributed by atoms with Crippen molar-refractivity contribution in [1.82, 2.24) is 9.88 Å². The zero-order chi connectivity index (χ0) is 22.3. The van der Waals surface area contributed by atoms with E-state index in [0.717, 1.165) is 35.5 Å². The van der Waals surface area contributed by atoms with Crippen molar-refractivity contribution in [2.24, 2.45) is 5.92 Å². The summed E-state index contributed by atoms with van der Waals surface area (Å²) in [5.41, 5.74) is 5.48. The van der Waals surface area contributed by atoms with Gasteiger partial charge in [0.05, 0.1) is 18.5 Å². The van der Waals surface area contributed by atoms with Crippen LogP contribution in [-0.4, -0.2) is 35.6 Å². The summed E-state index contributed by atoms with van der Waals surface area (Å²) in [6, 6.07) is 14.1. The van der Waals surface area contributed by atoms with Gasteiger partial charge in [-0.05, 0) is 71.5 Å². The van der Waals surface area contributed by atoms with E-state index < -0.39 is 0 Å². The number of amides is 2. The summed E-state index contributed by atoms with van der Waals surface area (Å²) in [7, 11) is 0. The third kappa shape index (κ3) is 5.98. The first-order chi connectivity index (χ1) is 15.6. The van der Waals surface area contributed by atoms with E-state index in [-0.39, 0.29) is 6.03 Å². The van der Waals surface area contributed by atoms with Gasteiger partial charge in [0.2, 0.25) is 0 Å². The standard InChI is InChI=1S/C26H29N3O2S/c1-19-17-29(26(30)28-24-7-6-20(2)27-16-24)11-8-23(19)14-22-4-3-5-25(15-22)31-12-9-21-10-13-32-18-21/h3-7,10,13-16,18-19H,8-9,11-12,17H2,1-2H3,(H,28,30). The van der Waals surface area contributed by atoms with E-state index in [2.05, 4.69) is 52.3 Å². The van der Waals surface area contributed by atoms with Crippen LogP contribution in [0.4, 0.5) is 10.5 Å². The summed E-state index contributed by atoms with van der Waals surface area (Å²) in [6.45, 7) is 6.19. The number of benzene rings is 1. The zero-order valence-electron chi connectivity index (χ0n) is 18.6. The van der Waals surface area contributed by atoms with Crippen LogP contribution in [0, 0.1) is 12.8 Å². The molecule has 3 aromatic rings. The maximum atomic E-state index is 12.6. The molecule has 0 bridgehead atoms. The fourth-order valence-corrected chi connectivity index (χ4v) is 4.53. The number of aryl methyl sites for hydroxylation is 1. The summed E-state index contributed by atoms with van der Waals surface area (Å²) in [5, 5.41) is 7.21. The number of urea groups is 1. The Kier molecular flexibility index (Phi) is 7.22. The summed E-state index contributed by atoms with van der Waals surface area (Å²) >= 11 is 1.72. The van der Waals surface area contributed by atoms with Gasteiger partial charge in [-0.1, -0.05) is 30.7 Å². The number of nitrogens with one attached hydrogen (secondary N) is 1. The highest BCUT2D eigenvalue weighted by molar-refractivity contribution is 7.07. The Morgan fingerprint density at radius 2 is 2.22 bits per heavy atom. The predicted octanol–water partition coefficient (Wildman–Crippen LogP) is 6.03. The van der Waals surface area contributed by atoms with Crippen LogP contribution in [0.2, 0.25) is 0 Å². The third-order valence-corrected chi connectivity index (χ3v) is 6.43. The lowest BCUT2D eigenvalue weighted by atomic mass is 9.91. The number of carbonyl (C=O) groups excluding carboxylic acids is 1. The minimum atomic E-state index is -0.0671. The molecule has 6 heteroatoms. The fourth-order valence-electron chi connectivity index (χ4n) is 3.82. The van der Waals surface area contributed by atoms with Crippen molar-refractivity contribution < 1.29 is 9.53 Å². The van der Waals surface area contributed by atoms with Crippen LogP contribution in [0.5, 0.6) is 5.75 Å². The molecule has 0 radical (unpaired) electrons. The van der Waals surface area contributed by atoms with E-state index in [1.807, 2.05) is 36.1 Å². The summed E-state index contributed by atoms with van der Waals surface area (Å²) in [6.07, 6.45) is 5.73. The molecule has 1 atom stereocenters. The number of ether oxygens (including phenoxy) is 1. The van der Waals surface area contributed by atoms with Crippen molar-refractivity contribution in [3.8, 4) is 5.75 Å². The first kappa shape index (κ1) is 22.1. The normalized spacial score (nSPS) is 17.4. The maximum absolute atomic E-state index is 12.6. The van der Waals surface area contributed by atoms with Crippen LogP contribution < -0.4 is 10.1 Å². The molecule has 1 aliphatic heterocycles. The molecule has 2 aromatic heterocycles. The van der Waals surface area contributed by atoms with Crippen LogP contribution in [0.15, 0.2) is 65.0 Å². The molecule has 1 aromatic carbocycles. The van der Waals surface area contributed by atoms with E-state index in [9.17, 15) is 4.79 Å². The highest BCUT2D eigenvalue weighted by Gasteiger charge is 2.24. The van der Waals surface area contributed by atoms with Gasteiger partial charge in [-0.3, -0.25) is 4.98 Å². The van der Waals surface area contributed by atoms with Gasteiger partial charge in [-0.25, -0.2) is 4.79 Å². The summed E-state index contributed by atoms with van der Waals surface area (Å²) < 4.78 is 5.96. The van der Waals surface area contributed by atoms with Gasteiger partial charge in [0.25, 0.3) is 0 Å². The summed E-state index contributed by atoms with van der Waals surface area (Å²) in [4.78, 5) is 18.8. The van der Waals surface area contributed by atoms with Gasteiger partial charge in [0.1, 0.15) is 5.75 Å². The lowest BCUT2D eigenvalue weighted by molar-refractivity contribution is 0.198. The van der Waals surface area contributed by atoms with Crippen LogP contribution >= 0.6 is 11.3 Å². The van der Waals surface area contributed by atoms with Gasteiger partial charge in [-0.2, -0.15) is 11.3 Å². The third-order valence-electron chi connectivity index (χ3n) is 5.70. The number of aromatic nitrogens is 1. The van der Waals surface area contributed by atoms with Crippen LogP contribution in [-0.2, 0) is 6.42 Å². The quantitative estimate of drug-likeness (QED) is 0.502. The Hall–Kier alpha value is -3.12. The van der Waals surface area contributed by atoms with Gasteiger partial charge in [0.15, 0.2) is 0 Å². The molecule has 0 aliphatic carbocycles. The molecule has 1 saturated heterocycles. The molecule has 1 unspecified atom stereocenters. The number of hydrogen-bond donors (Lipinski definition) is 1. The Balaban J connectivity index is 1.32. The molecule has 5 nitrogen and oxygen atoms in total.